The molecule has 0 bridgehead atoms. The Morgan fingerprint density at radius 2 is 1.29 bits per heavy atom. The van der Waals surface area contributed by atoms with Crippen LogP contribution in [0.2, 0.25) is 5.04 Å². The molecule has 0 spiro atoms. The first-order valence-electron chi connectivity index (χ1n) is 11.5. The molecular weight excluding hydrogens is 442 g/mol. The highest BCUT2D eigenvalue weighted by atomic mass is 28.4. The molecule has 0 radical (unpaired) electrons. The third-order valence-corrected chi connectivity index (χ3v) is 11.0. The van der Waals surface area contributed by atoms with Crippen LogP contribution in [0.4, 0.5) is 0 Å². The van der Waals surface area contributed by atoms with E-state index in [0.717, 1.165) is 15.9 Å². The summed E-state index contributed by atoms with van der Waals surface area (Å²) in [5.74, 6) is 0. The van der Waals surface area contributed by atoms with Gasteiger partial charge in [0.2, 0.25) is 0 Å². The molecule has 5 nitrogen and oxygen atoms in total. The van der Waals surface area contributed by atoms with Crippen LogP contribution < -0.4 is 10.4 Å². The van der Waals surface area contributed by atoms with Crippen molar-refractivity contribution in [2.75, 3.05) is 6.61 Å². The SMILES string of the molecule is CC(C)(C)[Si](O[C@@H](C#N)C(O)[C@H](O)COCc1ccccc1)(c1ccccc1)c1ccccc1. The van der Waals surface area contributed by atoms with Crippen molar-refractivity contribution < 1.29 is 19.4 Å². The largest absolute Gasteiger partial charge is 0.390 e. The molecule has 0 saturated carbocycles. The maximum absolute atomic E-state index is 10.9. The average molecular weight is 476 g/mol. The quantitative estimate of drug-likeness (QED) is 0.439. The van der Waals surface area contributed by atoms with Crippen molar-refractivity contribution in [3.63, 3.8) is 0 Å². The van der Waals surface area contributed by atoms with Gasteiger partial charge in [-0.15, -0.1) is 0 Å². The van der Waals surface area contributed by atoms with Crippen LogP contribution in [0.5, 0.6) is 0 Å². The second-order valence-corrected chi connectivity index (χ2v) is 13.6. The Labute approximate surface area is 203 Å². The summed E-state index contributed by atoms with van der Waals surface area (Å²) < 4.78 is 12.3. The van der Waals surface area contributed by atoms with E-state index in [1.54, 1.807) is 0 Å². The van der Waals surface area contributed by atoms with E-state index >= 15 is 0 Å². The van der Waals surface area contributed by atoms with Crippen molar-refractivity contribution in [2.45, 2.75) is 50.7 Å². The zero-order chi connectivity index (χ0) is 24.6. The van der Waals surface area contributed by atoms with E-state index in [0.29, 0.717) is 6.61 Å². The van der Waals surface area contributed by atoms with Gasteiger partial charge in [0.1, 0.15) is 12.2 Å². The monoisotopic (exact) mass is 475 g/mol. The molecule has 0 amide bonds. The Hall–Kier alpha value is -2.79. The number of hydrogen-bond donors (Lipinski definition) is 2. The number of benzene rings is 3. The number of aliphatic hydroxyl groups excluding tert-OH is 2. The molecular formula is C28H33NO4Si. The fourth-order valence-corrected chi connectivity index (χ4v) is 8.81. The van der Waals surface area contributed by atoms with Gasteiger partial charge in [-0.2, -0.15) is 5.26 Å². The van der Waals surface area contributed by atoms with Crippen molar-refractivity contribution in [1.82, 2.24) is 0 Å². The molecule has 0 heterocycles. The number of nitrogens with zero attached hydrogens (tertiary/aromatic N) is 1. The summed E-state index contributed by atoms with van der Waals surface area (Å²) in [4.78, 5) is 0. The summed E-state index contributed by atoms with van der Waals surface area (Å²) in [6, 6.07) is 31.5. The second-order valence-electron chi connectivity index (χ2n) is 9.39. The summed E-state index contributed by atoms with van der Waals surface area (Å²) in [6.45, 7) is 6.48. The first kappa shape index (κ1) is 25.8. The lowest BCUT2D eigenvalue weighted by atomic mass is 10.1. The maximum atomic E-state index is 10.9. The lowest BCUT2D eigenvalue weighted by Crippen LogP contribution is -2.68. The lowest BCUT2D eigenvalue weighted by molar-refractivity contribution is -0.0724. The molecule has 3 aromatic carbocycles. The van der Waals surface area contributed by atoms with Gasteiger partial charge in [-0.1, -0.05) is 112 Å². The van der Waals surface area contributed by atoms with Gasteiger partial charge in [-0.25, -0.2) is 0 Å². The fraction of sp³-hybridized carbons (Fsp3) is 0.321. The second kappa shape index (κ2) is 11.6. The van der Waals surface area contributed by atoms with Crippen molar-refractivity contribution in [2.24, 2.45) is 0 Å². The minimum Gasteiger partial charge on any atom is -0.390 e. The molecule has 3 atom stereocenters. The molecule has 0 fully saturated rings. The Balaban J connectivity index is 1.87. The molecule has 0 aliphatic rings. The van der Waals surface area contributed by atoms with Crippen LogP contribution in [0, 0.1) is 11.3 Å². The number of ether oxygens (including phenoxy) is 1. The highest BCUT2D eigenvalue weighted by Crippen LogP contribution is 2.38. The van der Waals surface area contributed by atoms with E-state index in [2.05, 4.69) is 26.8 Å². The molecule has 178 valence electrons. The average Bonchev–Trinajstić information content (AvgIpc) is 2.85. The maximum Gasteiger partial charge on any atom is 0.262 e. The lowest BCUT2D eigenvalue weighted by Gasteiger charge is -2.44. The number of nitriles is 1. The van der Waals surface area contributed by atoms with Crippen molar-refractivity contribution in [3.05, 3.63) is 96.6 Å². The van der Waals surface area contributed by atoms with E-state index in [9.17, 15) is 15.5 Å². The molecule has 3 rings (SSSR count). The summed E-state index contributed by atoms with van der Waals surface area (Å²) in [6.07, 6.45) is -3.93. The fourth-order valence-electron chi connectivity index (χ4n) is 4.23. The van der Waals surface area contributed by atoms with Crippen molar-refractivity contribution in [3.8, 4) is 6.07 Å². The van der Waals surface area contributed by atoms with E-state index < -0.39 is 26.6 Å². The molecule has 3 aromatic rings. The third-order valence-electron chi connectivity index (χ3n) is 5.95. The van der Waals surface area contributed by atoms with E-state index in [1.807, 2.05) is 91.0 Å². The van der Waals surface area contributed by atoms with E-state index in [4.69, 9.17) is 9.16 Å². The molecule has 6 heteroatoms. The molecule has 34 heavy (non-hydrogen) atoms. The number of hydrogen-bond acceptors (Lipinski definition) is 5. The molecule has 0 aliphatic carbocycles. The van der Waals surface area contributed by atoms with E-state index in [-0.39, 0.29) is 11.6 Å². The van der Waals surface area contributed by atoms with Gasteiger partial charge in [-0.3, -0.25) is 0 Å². The summed E-state index contributed by atoms with van der Waals surface area (Å²) >= 11 is 0. The first-order valence-corrected chi connectivity index (χ1v) is 13.4. The van der Waals surface area contributed by atoms with Gasteiger partial charge in [0.15, 0.2) is 6.10 Å². The van der Waals surface area contributed by atoms with Crippen LogP contribution in [-0.4, -0.2) is 43.4 Å². The van der Waals surface area contributed by atoms with Gasteiger partial charge < -0.3 is 19.4 Å². The molecule has 0 aromatic heterocycles. The van der Waals surface area contributed by atoms with Gasteiger partial charge in [0.05, 0.1) is 19.3 Å². The number of aliphatic hydroxyl groups is 2. The Morgan fingerprint density at radius 1 is 0.824 bits per heavy atom. The standard InChI is InChI=1S/C28H33NO4Si/c1-28(2,3)34(23-15-9-5-10-16-23,24-17-11-6-12-18-24)33-26(19-29)27(31)25(30)21-32-20-22-13-7-4-8-14-22/h4-18,25-27,30-31H,20-21H2,1-3H3/t25-,26+,27?/m1/s1. The van der Waals surface area contributed by atoms with E-state index in [1.165, 1.54) is 0 Å². The predicted molar refractivity (Wildman–Crippen MR) is 136 cm³/mol. The third kappa shape index (κ3) is 5.82. The summed E-state index contributed by atoms with van der Waals surface area (Å²) in [5, 5.41) is 33.2. The van der Waals surface area contributed by atoms with Crippen LogP contribution in [0.1, 0.15) is 26.3 Å². The normalized spacial score (nSPS) is 14.7. The minimum absolute atomic E-state index is 0.113. The summed E-state index contributed by atoms with van der Waals surface area (Å²) in [5.41, 5.74) is 0.963. The molecule has 1 unspecified atom stereocenters. The minimum atomic E-state index is -3.06. The highest BCUT2D eigenvalue weighted by molar-refractivity contribution is 6.99. The van der Waals surface area contributed by atoms with Crippen molar-refractivity contribution in [1.29, 1.82) is 5.26 Å². The Kier molecular flexibility index (Phi) is 8.78. The van der Waals surface area contributed by atoms with Crippen LogP contribution in [0.25, 0.3) is 0 Å². The highest BCUT2D eigenvalue weighted by Gasteiger charge is 2.52. The van der Waals surface area contributed by atoms with Crippen LogP contribution in [0.15, 0.2) is 91.0 Å². The topological polar surface area (TPSA) is 82.7 Å². The van der Waals surface area contributed by atoms with Gasteiger partial charge in [0, 0.05) is 0 Å². The summed E-state index contributed by atoms with van der Waals surface area (Å²) in [7, 11) is -3.06. The van der Waals surface area contributed by atoms with Crippen LogP contribution >= 0.6 is 0 Å². The first-order chi connectivity index (χ1) is 16.3. The van der Waals surface area contributed by atoms with Crippen LogP contribution in [0.3, 0.4) is 0 Å². The smallest absolute Gasteiger partial charge is 0.262 e. The number of rotatable bonds is 10. The Morgan fingerprint density at radius 3 is 1.74 bits per heavy atom. The van der Waals surface area contributed by atoms with Crippen molar-refractivity contribution >= 4 is 18.7 Å². The van der Waals surface area contributed by atoms with Gasteiger partial charge in [0.25, 0.3) is 8.32 Å². The Bertz CT molecular complexity index is 1010. The molecule has 2 N–H and O–H groups in total. The molecule has 0 aliphatic heterocycles. The van der Waals surface area contributed by atoms with Gasteiger partial charge >= 0.3 is 0 Å². The van der Waals surface area contributed by atoms with Gasteiger partial charge in [-0.05, 0) is 21.0 Å². The molecule has 0 saturated heterocycles. The van der Waals surface area contributed by atoms with Crippen LogP contribution in [-0.2, 0) is 15.8 Å². The zero-order valence-electron chi connectivity index (χ0n) is 20.0. The predicted octanol–water partition coefficient (Wildman–Crippen LogP) is 3.39. The zero-order valence-corrected chi connectivity index (χ0v) is 21.0.